The highest BCUT2D eigenvalue weighted by Gasteiger charge is 2.30. The number of fused-ring (bicyclic) bond motifs is 1. The Balaban J connectivity index is 1.56. The number of nitrogens with zero attached hydrogens (tertiary/aromatic N) is 5. The lowest BCUT2D eigenvalue weighted by Crippen LogP contribution is -2.49. The quantitative estimate of drug-likeness (QED) is 0.693. The van der Waals surface area contributed by atoms with Crippen LogP contribution in [-0.2, 0) is 10.0 Å². The molecule has 1 aromatic carbocycles. The molecule has 1 aliphatic rings. The van der Waals surface area contributed by atoms with Gasteiger partial charge in [0.1, 0.15) is 11.7 Å². The topological polar surface area (TPSA) is 81.7 Å². The van der Waals surface area contributed by atoms with Gasteiger partial charge in [-0.15, -0.1) is 0 Å². The number of benzene rings is 1. The molecule has 3 aromatic rings. The zero-order valence-corrected chi connectivity index (χ0v) is 15.7. The molecule has 0 spiro atoms. The molecule has 3 heterocycles. The normalized spacial score (nSPS) is 15.8. The van der Waals surface area contributed by atoms with E-state index in [1.165, 1.54) is 4.31 Å². The lowest BCUT2D eigenvalue weighted by atomic mass is 10.2. The molecule has 0 saturated carbocycles. The molecule has 1 aliphatic heterocycles. The molecule has 0 N–H and O–H groups in total. The summed E-state index contributed by atoms with van der Waals surface area (Å²) in [4.78, 5) is 6.85. The summed E-state index contributed by atoms with van der Waals surface area (Å²) in [6.07, 6.45) is 1.81. The van der Waals surface area contributed by atoms with E-state index in [0.717, 1.165) is 5.56 Å². The van der Waals surface area contributed by atoms with Crippen LogP contribution in [0.5, 0.6) is 0 Å². The lowest BCUT2D eigenvalue weighted by Gasteiger charge is -2.34. The van der Waals surface area contributed by atoms with Crippen LogP contribution in [0.15, 0.2) is 53.6 Å². The maximum Gasteiger partial charge on any atom is 0.243 e. The number of nitriles is 1. The predicted molar refractivity (Wildman–Crippen MR) is 102 cm³/mol. The molecule has 0 bridgehead atoms. The van der Waals surface area contributed by atoms with E-state index in [0.29, 0.717) is 48.2 Å². The Hall–Kier alpha value is -2.89. The Morgan fingerprint density at radius 1 is 1.04 bits per heavy atom. The standard InChI is InChI=1S/C19H19N5O2S/c1-15-5-7-16(8-6-15)27(25,26)23-12-10-22(11-13-23)19-17(14-20)24-9-3-2-4-18(24)21-19/h2-9H,10-13H2,1H3. The van der Waals surface area contributed by atoms with Gasteiger partial charge in [0.05, 0.1) is 4.90 Å². The lowest BCUT2D eigenvalue weighted by molar-refractivity contribution is 0.384. The van der Waals surface area contributed by atoms with Gasteiger partial charge in [0.25, 0.3) is 0 Å². The number of pyridine rings is 1. The SMILES string of the molecule is Cc1ccc(S(=O)(=O)N2CCN(c3nc4ccccn4c3C#N)CC2)cc1. The number of hydrogen-bond acceptors (Lipinski definition) is 5. The van der Waals surface area contributed by atoms with Gasteiger partial charge < -0.3 is 4.90 Å². The van der Waals surface area contributed by atoms with Crippen LogP contribution in [0.2, 0.25) is 0 Å². The third-order valence-corrected chi connectivity index (χ3v) is 6.73. The van der Waals surface area contributed by atoms with Crippen LogP contribution in [-0.4, -0.2) is 48.3 Å². The molecule has 8 heteroatoms. The van der Waals surface area contributed by atoms with Crippen molar-refractivity contribution >= 4 is 21.5 Å². The number of piperazine rings is 1. The Morgan fingerprint density at radius 3 is 2.41 bits per heavy atom. The molecule has 0 unspecified atom stereocenters. The Bertz CT molecular complexity index is 1120. The number of sulfonamides is 1. The van der Waals surface area contributed by atoms with Gasteiger partial charge in [0, 0.05) is 32.4 Å². The molecular formula is C19H19N5O2S. The van der Waals surface area contributed by atoms with Crippen LogP contribution in [0, 0.1) is 18.3 Å². The molecule has 4 rings (SSSR count). The fourth-order valence-electron chi connectivity index (χ4n) is 3.31. The Labute approximate surface area is 158 Å². The van der Waals surface area contributed by atoms with E-state index >= 15 is 0 Å². The fraction of sp³-hybridized carbons (Fsp3) is 0.263. The largest absolute Gasteiger partial charge is 0.352 e. The van der Waals surface area contributed by atoms with Crippen molar-refractivity contribution in [3.8, 4) is 6.07 Å². The Kier molecular flexibility index (Phi) is 4.34. The van der Waals surface area contributed by atoms with Crippen LogP contribution in [0.25, 0.3) is 5.65 Å². The van der Waals surface area contributed by atoms with E-state index in [2.05, 4.69) is 11.1 Å². The van der Waals surface area contributed by atoms with Gasteiger partial charge >= 0.3 is 0 Å². The zero-order valence-electron chi connectivity index (χ0n) is 14.9. The highest BCUT2D eigenvalue weighted by molar-refractivity contribution is 7.89. The van der Waals surface area contributed by atoms with Crippen molar-refractivity contribution < 1.29 is 8.42 Å². The van der Waals surface area contributed by atoms with E-state index in [1.54, 1.807) is 28.7 Å². The van der Waals surface area contributed by atoms with Crippen molar-refractivity contribution in [1.82, 2.24) is 13.7 Å². The predicted octanol–water partition coefficient (Wildman–Crippen LogP) is 2.03. The average Bonchev–Trinajstić information content (AvgIpc) is 3.07. The van der Waals surface area contributed by atoms with Crippen LogP contribution < -0.4 is 4.90 Å². The van der Waals surface area contributed by atoms with Gasteiger partial charge in [-0.25, -0.2) is 13.4 Å². The molecule has 1 fully saturated rings. The molecule has 0 aliphatic carbocycles. The third-order valence-electron chi connectivity index (χ3n) is 4.81. The van der Waals surface area contributed by atoms with Gasteiger partial charge in [-0.05, 0) is 31.2 Å². The molecule has 1 saturated heterocycles. The van der Waals surface area contributed by atoms with E-state index in [-0.39, 0.29) is 0 Å². The van der Waals surface area contributed by atoms with Crippen molar-refractivity contribution in [2.24, 2.45) is 0 Å². The first-order valence-corrected chi connectivity index (χ1v) is 10.1. The van der Waals surface area contributed by atoms with E-state index in [9.17, 15) is 13.7 Å². The van der Waals surface area contributed by atoms with Crippen molar-refractivity contribution in [3.63, 3.8) is 0 Å². The fourth-order valence-corrected chi connectivity index (χ4v) is 4.73. The summed E-state index contributed by atoms with van der Waals surface area (Å²) < 4.78 is 28.9. The average molecular weight is 381 g/mol. The monoisotopic (exact) mass is 381 g/mol. The minimum absolute atomic E-state index is 0.312. The molecule has 0 atom stereocenters. The Morgan fingerprint density at radius 2 is 1.74 bits per heavy atom. The first-order chi connectivity index (χ1) is 13.0. The third kappa shape index (κ3) is 3.05. The molecule has 0 amide bonds. The molecule has 2 aromatic heterocycles. The van der Waals surface area contributed by atoms with Crippen molar-refractivity contribution in [3.05, 3.63) is 59.9 Å². The van der Waals surface area contributed by atoms with Crippen LogP contribution in [0.4, 0.5) is 5.82 Å². The van der Waals surface area contributed by atoms with Crippen molar-refractivity contribution in [2.45, 2.75) is 11.8 Å². The number of aryl methyl sites for hydroxylation is 1. The number of imidazole rings is 1. The zero-order chi connectivity index (χ0) is 19.0. The number of aromatic nitrogens is 2. The van der Waals surface area contributed by atoms with Crippen molar-refractivity contribution in [1.29, 1.82) is 5.26 Å². The highest BCUT2D eigenvalue weighted by Crippen LogP contribution is 2.24. The maximum atomic E-state index is 12.8. The van der Waals surface area contributed by atoms with Gasteiger partial charge in [-0.2, -0.15) is 9.57 Å². The highest BCUT2D eigenvalue weighted by atomic mass is 32.2. The smallest absolute Gasteiger partial charge is 0.243 e. The summed E-state index contributed by atoms with van der Waals surface area (Å²) >= 11 is 0. The summed E-state index contributed by atoms with van der Waals surface area (Å²) in [6.45, 7) is 3.62. The first-order valence-electron chi connectivity index (χ1n) is 8.69. The van der Waals surface area contributed by atoms with Crippen LogP contribution in [0.3, 0.4) is 0 Å². The molecule has 138 valence electrons. The minimum Gasteiger partial charge on any atom is -0.352 e. The van der Waals surface area contributed by atoms with Gasteiger partial charge in [0.15, 0.2) is 11.5 Å². The second-order valence-electron chi connectivity index (χ2n) is 6.53. The second kappa shape index (κ2) is 6.68. The summed E-state index contributed by atoms with van der Waals surface area (Å²) in [5, 5.41) is 9.54. The maximum absolute atomic E-state index is 12.8. The second-order valence-corrected chi connectivity index (χ2v) is 8.47. The molecule has 0 radical (unpaired) electrons. The number of hydrogen-bond donors (Lipinski definition) is 0. The first kappa shape index (κ1) is 17.5. The van der Waals surface area contributed by atoms with Crippen molar-refractivity contribution in [2.75, 3.05) is 31.1 Å². The van der Waals surface area contributed by atoms with Gasteiger partial charge in [-0.3, -0.25) is 4.40 Å². The van der Waals surface area contributed by atoms with E-state index in [1.807, 2.05) is 36.2 Å². The van der Waals surface area contributed by atoms with E-state index < -0.39 is 10.0 Å². The van der Waals surface area contributed by atoms with Crippen LogP contribution >= 0.6 is 0 Å². The molecular weight excluding hydrogens is 362 g/mol. The molecule has 7 nitrogen and oxygen atoms in total. The summed E-state index contributed by atoms with van der Waals surface area (Å²) in [5.74, 6) is 0.607. The summed E-state index contributed by atoms with van der Waals surface area (Å²) in [6, 6.07) is 14.7. The van der Waals surface area contributed by atoms with Gasteiger partial charge in [-0.1, -0.05) is 23.8 Å². The van der Waals surface area contributed by atoms with Gasteiger partial charge in [0.2, 0.25) is 10.0 Å². The molecule has 27 heavy (non-hydrogen) atoms. The van der Waals surface area contributed by atoms with E-state index in [4.69, 9.17) is 0 Å². The summed E-state index contributed by atoms with van der Waals surface area (Å²) in [5.41, 5.74) is 2.20. The summed E-state index contributed by atoms with van der Waals surface area (Å²) in [7, 11) is -3.51. The number of anilines is 1. The van der Waals surface area contributed by atoms with Crippen LogP contribution in [0.1, 0.15) is 11.3 Å². The minimum atomic E-state index is -3.51. The number of rotatable bonds is 3.